The molecule has 26 heavy (non-hydrogen) atoms. The maximum Gasteiger partial charge on any atom is 0.246 e. The second-order valence-electron chi connectivity index (χ2n) is 7.06. The fraction of sp³-hybridized carbons (Fsp3) is 0.429. The third-order valence-electron chi connectivity index (χ3n) is 5.08. The summed E-state index contributed by atoms with van der Waals surface area (Å²) in [6.07, 6.45) is 10.4. The number of carbonyl (C=O) groups is 1. The lowest BCUT2D eigenvalue weighted by molar-refractivity contribution is -0.127. The number of carbonyl (C=O) groups excluding carboxylic acids is 1. The highest BCUT2D eigenvalue weighted by molar-refractivity contribution is 5.91. The van der Waals surface area contributed by atoms with Crippen molar-refractivity contribution in [2.45, 2.75) is 25.3 Å². The number of rotatable bonds is 6. The van der Waals surface area contributed by atoms with Gasteiger partial charge in [-0.05, 0) is 37.4 Å². The second-order valence-corrected chi connectivity index (χ2v) is 7.06. The minimum atomic E-state index is 0.0590. The summed E-state index contributed by atoms with van der Waals surface area (Å²) >= 11 is 0. The lowest BCUT2D eigenvalue weighted by Gasteiger charge is -2.37. The first kappa shape index (κ1) is 18.4. The highest BCUT2D eigenvalue weighted by Gasteiger charge is 2.24. The Morgan fingerprint density at radius 2 is 2.15 bits per heavy atom. The van der Waals surface area contributed by atoms with Gasteiger partial charge in [0.15, 0.2) is 0 Å². The zero-order chi connectivity index (χ0) is 18.4. The van der Waals surface area contributed by atoms with Gasteiger partial charge >= 0.3 is 0 Å². The molecule has 5 nitrogen and oxygen atoms in total. The Kier molecular flexibility index (Phi) is 6.23. The van der Waals surface area contributed by atoms with Gasteiger partial charge in [-0.3, -0.25) is 9.48 Å². The molecule has 0 saturated carbocycles. The topological polar surface area (TPSA) is 41.4 Å². The van der Waals surface area contributed by atoms with Gasteiger partial charge < -0.3 is 9.80 Å². The third-order valence-corrected chi connectivity index (χ3v) is 5.08. The minimum Gasteiger partial charge on any atom is -0.338 e. The number of hydrogen-bond donors (Lipinski definition) is 0. The first-order valence-electron chi connectivity index (χ1n) is 9.31. The van der Waals surface area contributed by atoms with Crippen LogP contribution >= 0.6 is 0 Å². The van der Waals surface area contributed by atoms with Crippen molar-refractivity contribution >= 4 is 12.0 Å². The molecule has 0 aliphatic carbocycles. The standard InChI is InChI=1S/C21H28N4O/c1-23-16-19(15-22-23)10-11-21(26)24(2)20-9-6-13-25(17-20)14-12-18-7-4-3-5-8-18/h3-5,7-8,10-11,15-16,20H,6,9,12-14,17H2,1-2H3/b11-10+/t20-/m0/s1. The SMILES string of the molecule is CN(C(=O)/C=C/c1cnn(C)c1)[C@H]1CCCN(CCc2ccccc2)C1. The molecule has 5 heteroatoms. The number of aryl methyl sites for hydroxylation is 1. The molecule has 0 spiro atoms. The summed E-state index contributed by atoms with van der Waals surface area (Å²) in [5.41, 5.74) is 2.32. The predicted molar refractivity (Wildman–Crippen MR) is 105 cm³/mol. The Bertz CT molecular complexity index is 737. The highest BCUT2D eigenvalue weighted by Crippen LogP contribution is 2.16. The zero-order valence-electron chi connectivity index (χ0n) is 15.7. The van der Waals surface area contributed by atoms with Gasteiger partial charge in [0.2, 0.25) is 5.91 Å². The van der Waals surface area contributed by atoms with Crippen molar-refractivity contribution in [2.24, 2.45) is 7.05 Å². The zero-order valence-corrected chi connectivity index (χ0v) is 15.7. The lowest BCUT2D eigenvalue weighted by atomic mass is 10.0. The molecule has 1 fully saturated rings. The van der Waals surface area contributed by atoms with Crippen LogP contribution in [0.1, 0.15) is 24.0 Å². The van der Waals surface area contributed by atoms with Crippen molar-refractivity contribution in [3.63, 3.8) is 0 Å². The smallest absolute Gasteiger partial charge is 0.246 e. The van der Waals surface area contributed by atoms with Crippen molar-refractivity contribution in [1.29, 1.82) is 0 Å². The number of likely N-dealkylation sites (tertiary alicyclic amines) is 1. The van der Waals surface area contributed by atoms with E-state index < -0.39 is 0 Å². The van der Waals surface area contributed by atoms with Gasteiger partial charge in [-0.1, -0.05) is 30.3 Å². The fourth-order valence-electron chi connectivity index (χ4n) is 3.47. The van der Waals surface area contributed by atoms with E-state index in [4.69, 9.17) is 0 Å². The maximum atomic E-state index is 12.5. The van der Waals surface area contributed by atoms with Crippen LogP contribution in [0.3, 0.4) is 0 Å². The summed E-state index contributed by atoms with van der Waals surface area (Å²) in [5.74, 6) is 0.0590. The number of nitrogens with zero attached hydrogens (tertiary/aromatic N) is 4. The molecule has 1 saturated heterocycles. The van der Waals surface area contributed by atoms with Crippen molar-refractivity contribution < 1.29 is 4.79 Å². The molecule has 1 aromatic carbocycles. The largest absolute Gasteiger partial charge is 0.338 e. The van der Waals surface area contributed by atoms with E-state index in [2.05, 4.69) is 40.3 Å². The average Bonchev–Trinajstić information content (AvgIpc) is 3.10. The molecular weight excluding hydrogens is 324 g/mol. The van der Waals surface area contributed by atoms with Crippen molar-refractivity contribution in [3.05, 3.63) is 59.9 Å². The number of benzene rings is 1. The maximum absolute atomic E-state index is 12.5. The number of hydrogen-bond acceptors (Lipinski definition) is 3. The molecule has 3 rings (SSSR count). The highest BCUT2D eigenvalue weighted by atomic mass is 16.2. The molecule has 2 heterocycles. The molecule has 1 aromatic heterocycles. The Morgan fingerprint density at radius 1 is 1.35 bits per heavy atom. The quantitative estimate of drug-likeness (QED) is 0.751. The Labute approximate surface area is 155 Å². The second kappa shape index (κ2) is 8.81. The Morgan fingerprint density at radius 3 is 2.88 bits per heavy atom. The number of likely N-dealkylation sites (N-methyl/N-ethyl adjacent to an activating group) is 1. The van der Waals surface area contributed by atoms with Crippen LogP contribution in [-0.4, -0.2) is 58.2 Å². The van der Waals surface area contributed by atoms with Crippen molar-refractivity contribution in [1.82, 2.24) is 19.6 Å². The first-order valence-corrected chi connectivity index (χ1v) is 9.31. The third kappa shape index (κ3) is 5.05. The van der Waals surface area contributed by atoms with E-state index in [0.717, 1.165) is 44.5 Å². The normalized spacial score (nSPS) is 18.3. The fourth-order valence-corrected chi connectivity index (χ4v) is 3.47. The van der Waals surface area contributed by atoms with Crippen LogP contribution in [0.5, 0.6) is 0 Å². The van der Waals surface area contributed by atoms with Crippen LogP contribution in [0.25, 0.3) is 6.08 Å². The molecule has 1 aliphatic rings. The van der Waals surface area contributed by atoms with E-state index in [1.165, 1.54) is 5.56 Å². The number of aromatic nitrogens is 2. The molecule has 0 N–H and O–H groups in total. The lowest BCUT2D eigenvalue weighted by Crippen LogP contribution is -2.48. The summed E-state index contributed by atoms with van der Waals surface area (Å²) in [4.78, 5) is 16.9. The van der Waals surface area contributed by atoms with Crippen LogP contribution < -0.4 is 0 Å². The molecule has 2 aromatic rings. The summed E-state index contributed by atoms with van der Waals surface area (Å²) in [6.45, 7) is 3.13. The van der Waals surface area contributed by atoms with Gasteiger partial charge in [0.05, 0.1) is 6.20 Å². The molecule has 0 bridgehead atoms. The van der Waals surface area contributed by atoms with Crippen molar-refractivity contribution in [3.8, 4) is 0 Å². The van der Waals surface area contributed by atoms with Crippen LogP contribution in [0, 0.1) is 0 Å². The summed E-state index contributed by atoms with van der Waals surface area (Å²) in [7, 11) is 3.79. The van der Waals surface area contributed by atoms with Gasteiger partial charge in [-0.15, -0.1) is 0 Å². The van der Waals surface area contributed by atoms with Gasteiger partial charge in [0, 0.05) is 51.1 Å². The molecule has 1 atom stereocenters. The van der Waals surface area contributed by atoms with E-state index in [1.807, 2.05) is 31.3 Å². The van der Waals surface area contributed by atoms with E-state index in [1.54, 1.807) is 17.0 Å². The number of amides is 1. The first-order chi connectivity index (χ1) is 12.6. The molecule has 1 amide bonds. The van der Waals surface area contributed by atoms with Gasteiger partial charge in [0.25, 0.3) is 0 Å². The van der Waals surface area contributed by atoms with Gasteiger partial charge in [0.1, 0.15) is 0 Å². The minimum absolute atomic E-state index is 0.0590. The van der Waals surface area contributed by atoms with Crippen LogP contribution in [0.15, 0.2) is 48.8 Å². The molecule has 0 unspecified atom stereocenters. The van der Waals surface area contributed by atoms with Crippen LogP contribution in [0.2, 0.25) is 0 Å². The Hall–Kier alpha value is -2.40. The van der Waals surface area contributed by atoms with Crippen molar-refractivity contribution in [2.75, 3.05) is 26.7 Å². The van der Waals surface area contributed by atoms with E-state index in [0.29, 0.717) is 0 Å². The molecular formula is C21H28N4O. The predicted octanol–water partition coefficient (Wildman–Crippen LogP) is 2.60. The monoisotopic (exact) mass is 352 g/mol. The molecule has 0 radical (unpaired) electrons. The summed E-state index contributed by atoms with van der Waals surface area (Å²) in [6, 6.07) is 10.9. The molecule has 138 valence electrons. The van der Waals surface area contributed by atoms with E-state index in [-0.39, 0.29) is 11.9 Å². The molecule has 1 aliphatic heterocycles. The number of piperidine rings is 1. The summed E-state index contributed by atoms with van der Waals surface area (Å²) < 4.78 is 1.74. The van der Waals surface area contributed by atoms with E-state index >= 15 is 0 Å². The van der Waals surface area contributed by atoms with Gasteiger partial charge in [-0.2, -0.15) is 5.10 Å². The average molecular weight is 352 g/mol. The van der Waals surface area contributed by atoms with E-state index in [9.17, 15) is 4.79 Å². The Balaban J connectivity index is 1.51. The van der Waals surface area contributed by atoms with Crippen LogP contribution in [-0.2, 0) is 18.3 Å². The summed E-state index contributed by atoms with van der Waals surface area (Å²) in [5, 5.41) is 4.12. The van der Waals surface area contributed by atoms with Gasteiger partial charge in [-0.25, -0.2) is 0 Å². The van der Waals surface area contributed by atoms with Crippen LogP contribution in [0.4, 0.5) is 0 Å².